The summed E-state index contributed by atoms with van der Waals surface area (Å²) in [6.45, 7) is 9.71. The van der Waals surface area contributed by atoms with Crippen molar-refractivity contribution in [3.05, 3.63) is 23.8 Å². The van der Waals surface area contributed by atoms with Crippen LogP contribution in [0.25, 0.3) is 0 Å². The van der Waals surface area contributed by atoms with Crippen molar-refractivity contribution in [1.82, 2.24) is 9.80 Å². The maximum atomic E-state index is 12.6. The zero-order valence-corrected chi connectivity index (χ0v) is 18.7. The molecular weight excluding hydrogens is 392 g/mol. The number of fused-ring (bicyclic) bond motifs is 1. The van der Waals surface area contributed by atoms with Crippen LogP contribution in [0.5, 0.6) is 0 Å². The number of amides is 3. The third-order valence-corrected chi connectivity index (χ3v) is 7.14. The molecule has 1 N–H and O–H groups in total. The number of benzene rings is 1. The normalized spacial score (nSPS) is 24.5. The number of piperazine rings is 1. The third kappa shape index (κ3) is 4.61. The van der Waals surface area contributed by atoms with Crippen LogP contribution in [-0.4, -0.2) is 66.8 Å². The summed E-state index contributed by atoms with van der Waals surface area (Å²) in [6, 6.07) is 6.01. The van der Waals surface area contributed by atoms with Crippen molar-refractivity contribution in [3.63, 3.8) is 0 Å². The Kier molecular flexibility index (Phi) is 6.60. The molecule has 0 bridgehead atoms. The van der Waals surface area contributed by atoms with E-state index in [4.69, 9.17) is 0 Å². The molecule has 2 aliphatic heterocycles. The number of hydrogen-bond donors (Lipinski definition) is 1. The van der Waals surface area contributed by atoms with E-state index in [-0.39, 0.29) is 42.5 Å². The fraction of sp³-hybridized carbons (Fsp3) is 0.625. The van der Waals surface area contributed by atoms with Gasteiger partial charge in [-0.3, -0.25) is 19.3 Å². The largest absolute Gasteiger partial charge is 0.369 e. The topological polar surface area (TPSA) is 73.0 Å². The second-order valence-electron chi connectivity index (χ2n) is 9.05. The zero-order chi connectivity index (χ0) is 22.0. The van der Waals surface area contributed by atoms with Gasteiger partial charge in [-0.05, 0) is 50.1 Å². The molecule has 1 aromatic carbocycles. The number of rotatable bonds is 6. The smallest absolute Gasteiger partial charge is 0.233 e. The van der Waals surface area contributed by atoms with Gasteiger partial charge >= 0.3 is 0 Å². The molecule has 31 heavy (non-hydrogen) atoms. The Morgan fingerprint density at radius 1 is 1.03 bits per heavy atom. The molecule has 168 valence electrons. The van der Waals surface area contributed by atoms with E-state index in [1.54, 1.807) is 0 Å². The number of aryl methyl sites for hydroxylation is 1. The SMILES string of the molecule is CCN1CCN(c2ccc(NC(=O)CCN3C(=O)[C@H]4CCCC[C@@H]4C3=O)cc2C)CC1. The molecule has 2 heterocycles. The van der Waals surface area contributed by atoms with Gasteiger partial charge in [-0.1, -0.05) is 19.8 Å². The first-order valence-corrected chi connectivity index (χ1v) is 11.7. The minimum atomic E-state index is -0.167. The Morgan fingerprint density at radius 3 is 2.26 bits per heavy atom. The highest BCUT2D eigenvalue weighted by Crippen LogP contribution is 2.38. The van der Waals surface area contributed by atoms with Gasteiger partial charge in [0.05, 0.1) is 11.8 Å². The molecule has 1 saturated carbocycles. The van der Waals surface area contributed by atoms with Crippen LogP contribution in [0.1, 0.15) is 44.6 Å². The van der Waals surface area contributed by atoms with Gasteiger partial charge in [-0.15, -0.1) is 0 Å². The van der Waals surface area contributed by atoms with E-state index in [1.807, 2.05) is 12.1 Å². The van der Waals surface area contributed by atoms with Crippen molar-refractivity contribution in [1.29, 1.82) is 0 Å². The Morgan fingerprint density at radius 2 is 1.68 bits per heavy atom. The van der Waals surface area contributed by atoms with Gasteiger partial charge in [0, 0.05) is 50.5 Å². The Labute approximate surface area is 184 Å². The van der Waals surface area contributed by atoms with Gasteiger partial charge in [0.15, 0.2) is 0 Å². The number of nitrogens with zero attached hydrogens (tertiary/aromatic N) is 3. The zero-order valence-electron chi connectivity index (χ0n) is 18.7. The second kappa shape index (κ2) is 9.39. The standard InChI is InChI=1S/C24H34N4O3/c1-3-26-12-14-27(15-13-26)21-9-8-18(16-17(21)2)25-22(29)10-11-28-23(30)19-6-4-5-7-20(19)24(28)31/h8-9,16,19-20H,3-7,10-15H2,1-2H3,(H,25,29)/t19-,20-/m0/s1. The van der Waals surface area contributed by atoms with Gasteiger partial charge in [0.25, 0.3) is 0 Å². The summed E-state index contributed by atoms with van der Waals surface area (Å²) in [5, 5.41) is 2.93. The third-order valence-electron chi connectivity index (χ3n) is 7.14. The lowest BCUT2D eigenvalue weighted by molar-refractivity contribution is -0.140. The molecule has 4 rings (SSSR count). The van der Waals surface area contributed by atoms with Crippen LogP contribution in [-0.2, 0) is 14.4 Å². The van der Waals surface area contributed by atoms with Gasteiger partial charge in [-0.2, -0.15) is 0 Å². The molecule has 2 saturated heterocycles. The van der Waals surface area contributed by atoms with Crippen molar-refractivity contribution in [2.75, 3.05) is 49.5 Å². The number of anilines is 2. The Balaban J connectivity index is 1.30. The first kappa shape index (κ1) is 21.8. The average molecular weight is 427 g/mol. The maximum absolute atomic E-state index is 12.6. The molecule has 2 atom stereocenters. The summed E-state index contributed by atoms with van der Waals surface area (Å²) >= 11 is 0. The van der Waals surface area contributed by atoms with E-state index in [0.717, 1.165) is 69.7 Å². The summed E-state index contributed by atoms with van der Waals surface area (Å²) in [5.41, 5.74) is 3.10. The highest BCUT2D eigenvalue weighted by Gasteiger charge is 2.47. The fourth-order valence-electron chi connectivity index (χ4n) is 5.28. The van der Waals surface area contributed by atoms with E-state index in [2.05, 4.69) is 35.0 Å². The van der Waals surface area contributed by atoms with E-state index >= 15 is 0 Å². The minimum absolute atomic E-state index is 0.0779. The second-order valence-corrected chi connectivity index (χ2v) is 9.05. The average Bonchev–Trinajstić information content (AvgIpc) is 3.02. The molecule has 3 fully saturated rings. The molecule has 0 unspecified atom stereocenters. The van der Waals surface area contributed by atoms with Crippen molar-refractivity contribution < 1.29 is 14.4 Å². The molecule has 0 aromatic heterocycles. The predicted molar refractivity (Wildman–Crippen MR) is 121 cm³/mol. The van der Waals surface area contributed by atoms with Crippen molar-refractivity contribution >= 4 is 29.1 Å². The van der Waals surface area contributed by atoms with Gasteiger partial charge in [0.1, 0.15) is 0 Å². The van der Waals surface area contributed by atoms with Crippen molar-refractivity contribution in [2.45, 2.75) is 46.0 Å². The minimum Gasteiger partial charge on any atom is -0.369 e. The lowest BCUT2D eigenvalue weighted by Gasteiger charge is -2.36. The van der Waals surface area contributed by atoms with Crippen molar-refractivity contribution in [3.8, 4) is 0 Å². The van der Waals surface area contributed by atoms with E-state index in [9.17, 15) is 14.4 Å². The first-order valence-electron chi connectivity index (χ1n) is 11.7. The summed E-state index contributed by atoms with van der Waals surface area (Å²) in [6.07, 6.45) is 3.76. The van der Waals surface area contributed by atoms with E-state index in [1.165, 1.54) is 10.6 Å². The van der Waals surface area contributed by atoms with E-state index in [0.29, 0.717) is 0 Å². The number of likely N-dealkylation sites (N-methyl/N-ethyl adjacent to an activating group) is 1. The molecule has 7 nitrogen and oxygen atoms in total. The lowest BCUT2D eigenvalue weighted by Crippen LogP contribution is -2.46. The van der Waals surface area contributed by atoms with Crippen LogP contribution in [0.15, 0.2) is 18.2 Å². The predicted octanol–water partition coefficient (Wildman–Crippen LogP) is 2.64. The summed E-state index contributed by atoms with van der Waals surface area (Å²) < 4.78 is 0. The highest BCUT2D eigenvalue weighted by molar-refractivity contribution is 6.05. The quantitative estimate of drug-likeness (QED) is 0.708. The van der Waals surface area contributed by atoms with Gasteiger partial charge in [-0.25, -0.2) is 0 Å². The number of carbonyl (C=O) groups is 3. The van der Waals surface area contributed by atoms with Crippen LogP contribution >= 0.6 is 0 Å². The molecule has 1 aromatic rings. The van der Waals surface area contributed by atoms with Crippen LogP contribution in [0.2, 0.25) is 0 Å². The molecule has 3 amide bonds. The Hall–Kier alpha value is -2.41. The number of imide groups is 1. The molecule has 3 aliphatic rings. The molecule has 0 radical (unpaired) electrons. The number of likely N-dealkylation sites (tertiary alicyclic amines) is 1. The summed E-state index contributed by atoms with van der Waals surface area (Å²) in [7, 11) is 0. The Bertz CT molecular complexity index is 823. The van der Waals surface area contributed by atoms with E-state index < -0.39 is 0 Å². The van der Waals surface area contributed by atoms with Crippen LogP contribution in [0.3, 0.4) is 0 Å². The fourth-order valence-corrected chi connectivity index (χ4v) is 5.28. The molecular formula is C24H34N4O3. The van der Waals surface area contributed by atoms with Crippen LogP contribution in [0, 0.1) is 18.8 Å². The molecule has 7 heteroatoms. The first-order chi connectivity index (χ1) is 15.0. The highest BCUT2D eigenvalue weighted by atomic mass is 16.2. The van der Waals surface area contributed by atoms with Crippen LogP contribution < -0.4 is 10.2 Å². The summed E-state index contributed by atoms with van der Waals surface area (Å²) in [5.74, 6) is -0.631. The van der Waals surface area contributed by atoms with Crippen molar-refractivity contribution in [2.24, 2.45) is 11.8 Å². The monoisotopic (exact) mass is 426 g/mol. The number of hydrogen-bond acceptors (Lipinski definition) is 5. The molecule has 1 aliphatic carbocycles. The number of carbonyl (C=O) groups excluding carboxylic acids is 3. The molecule has 0 spiro atoms. The summed E-state index contributed by atoms with van der Waals surface area (Å²) in [4.78, 5) is 43.8. The maximum Gasteiger partial charge on any atom is 0.233 e. The number of nitrogens with one attached hydrogen (secondary N) is 1. The van der Waals surface area contributed by atoms with Gasteiger partial charge < -0.3 is 15.1 Å². The van der Waals surface area contributed by atoms with Crippen LogP contribution in [0.4, 0.5) is 11.4 Å². The van der Waals surface area contributed by atoms with Gasteiger partial charge in [0.2, 0.25) is 17.7 Å². The lowest BCUT2D eigenvalue weighted by atomic mass is 9.81.